The van der Waals surface area contributed by atoms with E-state index in [4.69, 9.17) is 0 Å². The molecule has 1 aliphatic carbocycles. The van der Waals surface area contributed by atoms with Crippen LogP contribution in [-0.4, -0.2) is 79.0 Å². The minimum absolute atomic E-state index is 0. The monoisotopic (exact) mass is 534 g/mol. The number of hydrogen-bond donors (Lipinski definition) is 3. The first-order valence-corrected chi connectivity index (χ1v) is 11.3. The second-order valence-electron chi connectivity index (χ2n) is 8.97. The molecule has 0 aromatic heterocycles. The van der Waals surface area contributed by atoms with Crippen LogP contribution in [0.2, 0.25) is 0 Å². The van der Waals surface area contributed by atoms with Gasteiger partial charge in [0.15, 0.2) is 5.96 Å². The van der Waals surface area contributed by atoms with Crippen molar-refractivity contribution in [2.45, 2.75) is 70.4 Å². The van der Waals surface area contributed by atoms with E-state index in [0.29, 0.717) is 32.0 Å². The van der Waals surface area contributed by atoms with Crippen molar-refractivity contribution in [3.8, 4) is 0 Å². The standard InChI is InChI=1S/C21H38N6O2.HI/c1-4-21(2)18(28)27(20(29)25-21)12-7-11-23-19(22-3)24-17-10-13-26(15-17)14-16-8-5-6-9-16;/h16-17H,4-15H2,1-3H3,(H,25,29)(H2,22,23,24);1H. The van der Waals surface area contributed by atoms with Gasteiger partial charge in [-0.2, -0.15) is 0 Å². The summed E-state index contributed by atoms with van der Waals surface area (Å²) in [5.74, 6) is 1.57. The Hall–Kier alpha value is -1.10. The predicted molar refractivity (Wildman–Crippen MR) is 130 cm³/mol. The molecule has 9 heteroatoms. The number of likely N-dealkylation sites (tertiary alicyclic amines) is 1. The summed E-state index contributed by atoms with van der Waals surface area (Å²) >= 11 is 0. The lowest BCUT2D eigenvalue weighted by atomic mass is 9.99. The molecule has 3 fully saturated rings. The molecule has 8 nitrogen and oxygen atoms in total. The van der Waals surface area contributed by atoms with E-state index in [1.807, 2.05) is 6.92 Å². The van der Waals surface area contributed by atoms with Crippen LogP contribution in [0.3, 0.4) is 0 Å². The van der Waals surface area contributed by atoms with Gasteiger partial charge in [-0.3, -0.25) is 14.7 Å². The van der Waals surface area contributed by atoms with Gasteiger partial charge in [0.25, 0.3) is 5.91 Å². The van der Waals surface area contributed by atoms with Crippen LogP contribution < -0.4 is 16.0 Å². The number of amides is 3. The van der Waals surface area contributed by atoms with Crippen LogP contribution in [0, 0.1) is 5.92 Å². The average Bonchev–Trinajstić information content (AvgIpc) is 3.42. The van der Waals surface area contributed by atoms with Gasteiger partial charge in [-0.1, -0.05) is 19.8 Å². The summed E-state index contributed by atoms with van der Waals surface area (Å²) in [6.45, 7) is 8.27. The Morgan fingerprint density at radius 2 is 2.00 bits per heavy atom. The number of aliphatic imine (C=N–C) groups is 1. The highest BCUT2D eigenvalue weighted by Gasteiger charge is 2.45. The normalized spacial score (nSPS) is 28.0. The third-order valence-electron chi connectivity index (χ3n) is 6.73. The van der Waals surface area contributed by atoms with Gasteiger partial charge >= 0.3 is 6.03 Å². The largest absolute Gasteiger partial charge is 0.356 e. The number of carbonyl (C=O) groups is 2. The van der Waals surface area contributed by atoms with Gasteiger partial charge in [0.05, 0.1) is 0 Å². The van der Waals surface area contributed by atoms with Gasteiger partial charge in [-0.25, -0.2) is 4.79 Å². The van der Waals surface area contributed by atoms with E-state index in [2.05, 4.69) is 25.8 Å². The van der Waals surface area contributed by atoms with Crippen LogP contribution >= 0.6 is 24.0 Å². The number of rotatable bonds is 8. The minimum atomic E-state index is -0.755. The summed E-state index contributed by atoms with van der Waals surface area (Å²) in [6, 6.07) is 0.147. The fourth-order valence-corrected chi connectivity index (χ4v) is 4.70. The van der Waals surface area contributed by atoms with Gasteiger partial charge in [0.1, 0.15) is 5.54 Å². The Morgan fingerprint density at radius 1 is 1.27 bits per heavy atom. The van der Waals surface area contributed by atoms with Crippen LogP contribution in [0.1, 0.15) is 58.8 Å². The molecule has 2 saturated heterocycles. The molecule has 2 unspecified atom stereocenters. The molecule has 0 spiro atoms. The maximum Gasteiger partial charge on any atom is 0.325 e. The zero-order valence-corrected chi connectivity index (χ0v) is 21.0. The van der Waals surface area contributed by atoms with Gasteiger partial charge in [0, 0.05) is 45.8 Å². The van der Waals surface area contributed by atoms with Crippen molar-refractivity contribution in [2.24, 2.45) is 10.9 Å². The fraction of sp³-hybridized carbons (Fsp3) is 0.857. The lowest BCUT2D eigenvalue weighted by molar-refractivity contribution is -0.130. The lowest BCUT2D eigenvalue weighted by Crippen LogP contribution is -2.45. The first kappa shape index (κ1) is 25.2. The molecule has 0 aromatic rings. The summed E-state index contributed by atoms with van der Waals surface area (Å²) in [7, 11) is 1.78. The number of halogens is 1. The molecule has 172 valence electrons. The van der Waals surface area contributed by atoms with Crippen LogP contribution in [0.25, 0.3) is 0 Å². The van der Waals surface area contributed by atoms with Crippen LogP contribution in [0.5, 0.6) is 0 Å². The topological polar surface area (TPSA) is 89.1 Å². The first-order valence-electron chi connectivity index (χ1n) is 11.3. The Labute approximate surface area is 198 Å². The quantitative estimate of drug-likeness (QED) is 0.146. The van der Waals surface area contributed by atoms with Crippen molar-refractivity contribution < 1.29 is 9.59 Å². The molecule has 2 heterocycles. The van der Waals surface area contributed by atoms with Crippen LogP contribution in [0.15, 0.2) is 4.99 Å². The Kier molecular flexibility index (Phi) is 9.65. The highest BCUT2D eigenvalue weighted by atomic mass is 127. The van der Waals surface area contributed by atoms with E-state index in [1.165, 1.54) is 37.1 Å². The van der Waals surface area contributed by atoms with Crippen molar-refractivity contribution in [3.05, 3.63) is 0 Å². The summed E-state index contributed by atoms with van der Waals surface area (Å²) in [5, 5.41) is 9.64. The zero-order valence-electron chi connectivity index (χ0n) is 18.7. The first-order chi connectivity index (χ1) is 13.9. The molecular formula is C21H39IN6O2. The lowest BCUT2D eigenvalue weighted by Gasteiger charge is -2.21. The van der Waals surface area contributed by atoms with Crippen molar-refractivity contribution in [1.82, 2.24) is 25.8 Å². The molecule has 0 radical (unpaired) electrons. The highest BCUT2D eigenvalue weighted by molar-refractivity contribution is 14.0. The maximum absolute atomic E-state index is 12.4. The Bertz CT molecular complexity index is 625. The number of nitrogens with zero attached hydrogens (tertiary/aromatic N) is 3. The minimum Gasteiger partial charge on any atom is -0.356 e. The van der Waals surface area contributed by atoms with Crippen molar-refractivity contribution in [1.29, 1.82) is 0 Å². The van der Waals surface area contributed by atoms with Gasteiger partial charge in [-0.05, 0) is 44.9 Å². The fourth-order valence-electron chi connectivity index (χ4n) is 4.70. The Morgan fingerprint density at radius 3 is 2.63 bits per heavy atom. The molecule has 2 atom stereocenters. The number of guanidine groups is 1. The van der Waals surface area contributed by atoms with E-state index < -0.39 is 5.54 Å². The van der Waals surface area contributed by atoms with Crippen LogP contribution in [0.4, 0.5) is 4.79 Å². The summed E-state index contributed by atoms with van der Waals surface area (Å²) in [6.07, 6.45) is 8.03. The Balaban J connectivity index is 0.00000320. The average molecular weight is 534 g/mol. The third kappa shape index (κ3) is 6.21. The molecule has 3 amide bonds. The third-order valence-corrected chi connectivity index (χ3v) is 6.73. The summed E-state index contributed by atoms with van der Waals surface area (Å²) < 4.78 is 0. The SMILES string of the molecule is CCC1(C)NC(=O)N(CCCNC(=NC)NC2CCN(CC3CCCC3)C2)C1=O.I. The van der Waals surface area contributed by atoms with Crippen LogP contribution in [-0.2, 0) is 4.79 Å². The van der Waals surface area contributed by atoms with E-state index in [9.17, 15) is 9.59 Å². The van der Waals surface area contributed by atoms with Gasteiger partial charge < -0.3 is 20.9 Å². The molecule has 2 aliphatic heterocycles. The maximum atomic E-state index is 12.4. The molecule has 3 N–H and O–H groups in total. The summed E-state index contributed by atoms with van der Waals surface area (Å²) in [4.78, 5) is 32.7. The molecule has 0 bridgehead atoms. The second kappa shape index (κ2) is 11.5. The number of imide groups is 1. The van der Waals surface area contributed by atoms with E-state index >= 15 is 0 Å². The number of hydrogen-bond acceptors (Lipinski definition) is 4. The number of nitrogens with one attached hydrogen (secondary N) is 3. The second-order valence-corrected chi connectivity index (χ2v) is 8.97. The predicted octanol–water partition coefficient (Wildman–Crippen LogP) is 2.14. The molecule has 3 aliphatic rings. The molecule has 0 aromatic carbocycles. The van der Waals surface area contributed by atoms with E-state index in [1.54, 1.807) is 14.0 Å². The van der Waals surface area contributed by atoms with Gasteiger partial charge in [0.2, 0.25) is 0 Å². The molecule has 3 rings (SSSR count). The number of carbonyl (C=O) groups excluding carboxylic acids is 2. The van der Waals surface area contributed by atoms with Gasteiger partial charge in [-0.15, -0.1) is 24.0 Å². The molecule has 1 saturated carbocycles. The molecule has 30 heavy (non-hydrogen) atoms. The highest BCUT2D eigenvalue weighted by Crippen LogP contribution is 2.26. The zero-order chi connectivity index (χ0) is 20.9. The van der Waals surface area contributed by atoms with Crippen molar-refractivity contribution in [3.63, 3.8) is 0 Å². The van der Waals surface area contributed by atoms with E-state index in [-0.39, 0.29) is 35.9 Å². The smallest absolute Gasteiger partial charge is 0.325 e. The number of urea groups is 1. The summed E-state index contributed by atoms with van der Waals surface area (Å²) in [5.41, 5.74) is -0.755. The van der Waals surface area contributed by atoms with Crippen molar-refractivity contribution in [2.75, 3.05) is 39.8 Å². The van der Waals surface area contributed by atoms with E-state index in [0.717, 1.165) is 31.4 Å². The molecular weight excluding hydrogens is 495 g/mol. The van der Waals surface area contributed by atoms with Crippen molar-refractivity contribution >= 4 is 41.9 Å².